The Hall–Kier alpha value is -1.81. The lowest BCUT2D eigenvalue weighted by Gasteiger charge is -2.05. The molecule has 0 spiro atoms. The molecule has 0 fully saturated rings. The molecule has 0 heterocycles. The van der Waals surface area contributed by atoms with E-state index >= 15 is 0 Å². The molecular weight excluding hydrogens is 240 g/mol. The summed E-state index contributed by atoms with van der Waals surface area (Å²) >= 11 is 0. The van der Waals surface area contributed by atoms with Crippen LogP contribution >= 0.6 is 12.4 Å². The number of nitrogens with one attached hydrogen (secondary N) is 1. The van der Waals surface area contributed by atoms with Crippen LogP contribution in [0.3, 0.4) is 0 Å². The number of benzene rings is 1. The Labute approximate surface area is 106 Å². The third-order valence-electron chi connectivity index (χ3n) is 2.21. The van der Waals surface area contributed by atoms with Crippen molar-refractivity contribution >= 4 is 30.3 Å². The number of nitrogens with two attached hydrogens (primary N) is 1. The van der Waals surface area contributed by atoms with Crippen molar-refractivity contribution in [2.24, 2.45) is 5.73 Å². The van der Waals surface area contributed by atoms with Crippen LogP contribution in [0, 0.1) is 5.41 Å². The molecule has 5 heteroatoms. The second-order valence-electron chi connectivity index (χ2n) is 3.35. The minimum absolute atomic E-state index is 0. The Kier molecular flexibility index (Phi) is 5.99. The summed E-state index contributed by atoms with van der Waals surface area (Å²) in [5.41, 5.74) is 6.92. The fraction of sp³-hybridized carbons (Fsp3) is 0.167. The monoisotopic (exact) mass is 253 g/mol. The number of nitrogen functional groups attached to an aromatic ring is 1. The molecular formula is C12H14ClN2O2-. The maximum Gasteiger partial charge on any atom is 0.122 e. The van der Waals surface area contributed by atoms with Gasteiger partial charge in [0.1, 0.15) is 5.84 Å². The molecule has 0 amide bonds. The maximum absolute atomic E-state index is 10.7. The van der Waals surface area contributed by atoms with Gasteiger partial charge in [0.25, 0.3) is 0 Å². The van der Waals surface area contributed by atoms with Gasteiger partial charge in [0.15, 0.2) is 0 Å². The summed E-state index contributed by atoms with van der Waals surface area (Å²) in [6.07, 6.45) is 1.97. The molecule has 0 bridgehead atoms. The molecule has 1 aromatic rings. The Morgan fingerprint density at radius 3 is 2.29 bits per heavy atom. The summed E-state index contributed by atoms with van der Waals surface area (Å²) in [4.78, 5) is 10.7. The zero-order valence-electron chi connectivity index (χ0n) is 9.40. The Balaban J connectivity index is 0.00000256. The number of carboxylic acids is 1. The lowest BCUT2D eigenvalue weighted by Crippen LogP contribution is -2.23. The van der Waals surface area contributed by atoms with Crippen molar-refractivity contribution in [3.8, 4) is 0 Å². The molecule has 0 aromatic heterocycles. The van der Waals surface area contributed by atoms with E-state index in [2.05, 4.69) is 0 Å². The highest BCUT2D eigenvalue weighted by molar-refractivity contribution is 5.95. The molecule has 1 aromatic carbocycles. The first kappa shape index (κ1) is 15.2. The zero-order valence-corrected chi connectivity index (χ0v) is 10.2. The van der Waals surface area contributed by atoms with Gasteiger partial charge < -0.3 is 15.6 Å². The first-order valence-electron chi connectivity index (χ1n) is 4.91. The van der Waals surface area contributed by atoms with Gasteiger partial charge in [0, 0.05) is 5.56 Å². The largest absolute Gasteiger partial charge is 0.545 e. The van der Waals surface area contributed by atoms with Crippen molar-refractivity contribution in [1.82, 2.24) is 0 Å². The van der Waals surface area contributed by atoms with Crippen molar-refractivity contribution in [2.75, 3.05) is 0 Å². The molecule has 0 saturated heterocycles. The average Bonchev–Trinajstić information content (AvgIpc) is 2.26. The van der Waals surface area contributed by atoms with Crippen molar-refractivity contribution < 1.29 is 9.90 Å². The van der Waals surface area contributed by atoms with Crippen molar-refractivity contribution in [2.45, 2.75) is 13.3 Å². The second kappa shape index (κ2) is 6.70. The Morgan fingerprint density at radius 1 is 1.41 bits per heavy atom. The highest BCUT2D eigenvalue weighted by Gasteiger charge is 1.98. The molecule has 17 heavy (non-hydrogen) atoms. The molecule has 0 atom stereocenters. The van der Waals surface area contributed by atoms with E-state index in [-0.39, 0.29) is 23.8 Å². The third kappa shape index (κ3) is 4.28. The molecule has 0 radical (unpaired) electrons. The molecule has 0 saturated carbocycles. The first-order chi connectivity index (χ1) is 7.54. The number of amidine groups is 1. The lowest BCUT2D eigenvalue weighted by atomic mass is 10.1. The molecule has 0 aliphatic heterocycles. The smallest absolute Gasteiger partial charge is 0.122 e. The molecule has 0 aliphatic rings. The molecule has 1 rings (SSSR count). The minimum atomic E-state index is -1.15. The van der Waals surface area contributed by atoms with E-state index in [9.17, 15) is 9.90 Å². The van der Waals surface area contributed by atoms with E-state index in [1.54, 1.807) is 37.3 Å². The molecule has 3 N–H and O–H groups in total. The summed E-state index contributed by atoms with van der Waals surface area (Å²) < 4.78 is 0. The van der Waals surface area contributed by atoms with E-state index in [4.69, 9.17) is 11.1 Å². The second-order valence-corrected chi connectivity index (χ2v) is 3.35. The van der Waals surface area contributed by atoms with Gasteiger partial charge in [0.05, 0.1) is 5.97 Å². The number of carbonyl (C=O) groups excluding carboxylic acids is 1. The predicted molar refractivity (Wildman–Crippen MR) is 68.0 cm³/mol. The fourth-order valence-corrected chi connectivity index (χ4v) is 1.27. The van der Waals surface area contributed by atoms with Crippen LogP contribution in [0.5, 0.6) is 0 Å². The number of carboxylic acid groups (broad SMARTS) is 1. The summed E-state index contributed by atoms with van der Waals surface area (Å²) in [5.74, 6) is -1.16. The van der Waals surface area contributed by atoms with Crippen molar-refractivity contribution in [1.29, 1.82) is 5.41 Å². The topological polar surface area (TPSA) is 90.0 Å². The van der Waals surface area contributed by atoms with E-state index in [0.717, 1.165) is 5.56 Å². The van der Waals surface area contributed by atoms with E-state index in [0.29, 0.717) is 12.0 Å². The third-order valence-corrected chi connectivity index (χ3v) is 2.21. The van der Waals surface area contributed by atoms with Crippen LogP contribution < -0.4 is 10.8 Å². The van der Waals surface area contributed by atoms with Gasteiger partial charge in [-0.15, -0.1) is 12.4 Å². The van der Waals surface area contributed by atoms with Gasteiger partial charge in [-0.05, 0) is 23.6 Å². The highest BCUT2D eigenvalue weighted by Crippen LogP contribution is 2.10. The highest BCUT2D eigenvalue weighted by atomic mass is 35.5. The van der Waals surface area contributed by atoms with Crippen LogP contribution in [0.2, 0.25) is 0 Å². The SMILES string of the molecule is CC/C(=C\c1ccc(C(=N)N)cc1)C(=O)[O-].Cl. The van der Waals surface area contributed by atoms with Crippen LogP contribution in [0.15, 0.2) is 29.8 Å². The number of carbonyl (C=O) groups is 1. The number of hydrogen-bond donors (Lipinski definition) is 2. The van der Waals surface area contributed by atoms with Gasteiger partial charge in [-0.1, -0.05) is 31.2 Å². The van der Waals surface area contributed by atoms with Crippen LogP contribution in [0.4, 0.5) is 0 Å². The van der Waals surface area contributed by atoms with Crippen molar-refractivity contribution in [3.05, 3.63) is 41.0 Å². The molecule has 0 aliphatic carbocycles. The molecule has 0 unspecified atom stereocenters. The predicted octanol–water partition coefficient (Wildman–Crippen LogP) is 0.936. The zero-order chi connectivity index (χ0) is 12.1. The Morgan fingerprint density at radius 2 is 1.94 bits per heavy atom. The fourth-order valence-electron chi connectivity index (χ4n) is 1.27. The van der Waals surface area contributed by atoms with Crippen LogP contribution in [-0.2, 0) is 4.79 Å². The van der Waals surface area contributed by atoms with Crippen molar-refractivity contribution in [3.63, 3.8) is 0 Å². The summed E-state index contributed by atoms with van der Waals surface area (Å²) in [5, 5.41) is 17.9. The summed E-state index contributed by atoms with van der Waals surface area (Å²) in [6, 6.07) is 6.79. The summed E-state index contributed by atoms with van der Waals surface area (Å²) in [7, 11) is 0. The normalized spacial score (nSPS) is 10.5. The summed E-state index contributed by atoms with van der Waals surface area (Å²) in [6.45, 7) is 1.76. The average molecular weight is 254 g/mol. The van der Waals surface area contributed by atoms with Gasteiger partial charge in [-0.25, -0.2) is 0 Å². The van der Waals surface area contributed by atoms with E-state index in [1.165, 1.54) is 0 Å². The standard InChI is InChI=1S/C12H14N2O2.ClH/c1-2-9(12(15)16)7-8-3-5-10(6-4-8)11(13)14;/h3-7H,2H2,1H3,(H3,13,14)(H,15,16);1H/p-1/b9-7+;. The van der Waals surface area contributed by atoms with E-state index < -0.39 is 5.97 Å². The minimum Gasteiger partial charge on any atom is -0.545 e. The lowest BCUT2D eigenvalue weighted by molar-refractivity contribution is -0.299. The van der Waals surface area contributed by atoms with E-state index in [1.807, 2.05) is 0 Å². The first-order valence-corrected chi connectivity index (χ1v) is 4.91. The Bertz CT molecular complexity index is 438. The van der Waals surface area contributed by atoms with Crippen LogP contribution in [0.1, 0.15) is 24.5 Å². The maximum atomic E-state index is 10.7. The van der Waals surface area contributed by atoms with Gasteiger partial charge >= 0.3 is 0 Å². The van der Waals surface area contributed by atoms with Gasteiger partial charge in [-0.3, -0.25) is 5.41 Å². The molecule has 92 valence electrons. The number of aliphatic carboxylic acids is 1. The quantitative estimate of drug-likeness (QED) is 0.475. The number of hydrogen-bond acceptors (Lipinski definition) is 3. The number of rotatable bonds is 4. The van der Waals surface area contributed by atoms with Gasteiger partial charge in [-0.2, -0.15) is 0 Å². The van der Waals surface area contributed by atoms with Crippen LogP contribution in [-0.4, -0.2) is 11.8 Å². The molecule has 4 nitrogen and oxygen atoms in total. The van der Waals surface area contributed by atoms with Gasteiger partial charge in [0.2, 0.25) is 0 Å². The number of halogens is 1. The van der Waals surface area contributed by atoms with Crippen LogP contribution in [0.25, 0.3) is 6.08 Å².